The van der Waals surface area contributed by atoms with Crippen LogP contribution in [0.4, 0.5) is 0 Å². The van der Waals surface area contributed by atoms with Gasteiger partial charge in [-0.1, -0.05) is 12.8 Å². The predicted molar refractivity (Wildman–Crippen MR) is 75.2 cm³/mol. The van der Waals surface area contributed by atoms with Crippen LogP contribution < -0.4 is 5.32 Å². The van der Waals surface area contributed by atoms with Crippen molar-refractivity contribution in [2.75, 3.05) is 13.2 Å². The van der Waals surface area contributed by atoms with Crippen LogP contribution in [0.5, 0.6) is 0 Å². The molecule has 2 aliphatic rings. The van der Waals surface area contributed by atoms with Crippen LogP contribution in [-0.2, 0) is 11.3 Å². The molecular weight excluding hydrogens is 260 g/mol. The smallest absolute Gasteiger partial charge is 0.122 e. The van der Waals surface area contributed by atoms with Crippen molar-refractivity contribution in [2.45, 2.75) is 56.7 Å². The van der Waals surface area contributed by atoms with Gasteiger partial charge in [-0.05, 0) is 25.7 Å². The lowest BCUT2D eigenvalue weighted by molar-refractivity contribution is 0.111. The molecule has 4 nitrogen and oxygen atoms in total. The first-order chi connectivity index (χ1) is 9.31. The molecule has 2 N–H and O–H groups in total. The van der Waals surface area contributed by atoms with E-state index >= 15 is 0 Å². The summed E-state index contributed by atoms with van der Waals surface area (Å²) in [5.74, 6) is 0. The molecule has 0 amide bonds. The molecule has 2 fully saturated rings. The molecule has 19 heavy (non-hydrogen) atoms. The zero-order valence-electron chi connectivity index (χ0n) is 11.2. The average molecular weight is 282 g/mol. The summed E-state index contributed by atoms with van der Waals surface area (Å²) in [4.78, 5) is 4.67. The van der Waals surface area contributed by atoms with E-state index in [9.17, 15) is 5.11 Å². The van der Waals surface area contributed by atoms with Crippen molar-refractivity contribution in [3.8, 4) is 0 Å². The number of nitrogens with zero attached hydrogens (tertiary/aromatic N) is 1. The number of ether oxygens (including phenoxy) is 1. The Morgan fingerprint density at radius 1 is 1.42 bits per heavy atom. The molecule has 3 rings (SSSR count). The van der Waals surface area contributed by atoms with Gasteiger partial charge in [0.2, 0.25) is 0 Å². The highest BCUT2D eigenvalue weighted by molar-refractivity contribution is 7.09. The van der Waals surface area contributed by atoms with E-state index in [-0.39, 0.29) is 18.2 Å². The molecule has 1 aromatic heterocycles. The summed E-state index contributed by atoms with van der Waals surface area (Å²) in [6.07, 6.45) is 7.04. The van der Waals surface area contributed by atoms with E-state index in [1.54, 1.807) is 11.3 Å². The van der Waals surface area contributed by atoms with Gasteiger partial charge in [0, 0.05) is 24.1 Å². The van der Waals surface area contributed by atoms with E-state index in [4.69, 9.17) is 4.74 Å². The summed E-state index contributed by atoms with van der Waals surface area (Å²) < 4.78 is 5.66. The topological polar surface area (TPSA) is 54.4 Å². The van der Waals surface area contributed by atoms with Crippen LogP contribution in [0.3, 0.4) is 0 Å². The van der Waals surface area contributed by atoms with Crippen LogP contribution in [0, 0.1) is 0 Å². The highest BCUT2D eigenvalue weighted by Gasteiger charge is 2.32. The Balaban J connectivity index is 1.57. The third kappa shape index (κ3) is 2.99. The lowest BCUT2D eigenvalue weighted by Crippen LogP contribution is -2.45. The predicted octanol–water partition coefficient (Wildman–Crippen LogP) is 2.39. The van der Waals surface area contributed by atoms with Gasteiger partial charge in [-0.3, -0.25) is 0 Å². The molecule has 5 heteroatoms. The fourth-order valence-electron chi connectivity index (χ4n) is 3.04. The van der Waals surface area contributed by atoms with E-state index in [1.807, 2.05) is 0 Å². The Morgan fingerprint density at radius 3 is 2.95 bits per heavy atom. The zero-order chi connectivity index (χ0) is 13.1. The molecule has 1 aliphatic heterocycles. The van der Waals surface area contributed by atoms with Crippen LogP contribution in [0.1, 0.15) is 55.3 Å². The Hall–Kier alpha value is -0.490. The molecule has 1 saturated heterocycles. The standard InChI is InChI=1S/C14H22N2O2S/c17-10-14(5-1-2-6-14)15-8-11-9-19-13(16-11)12-4-3-7-18-12/h9,12,15,17H,1-8,10H2. The molecule has 1 atom stereocenters. The second kappa shape index (κ2) is 5.87. The largest absolute Gasteiger partial charge is 0.394 e. The van der Waals surface area contributed by atoms with Gasteiger partial charge in [-0.15, -0.1) is 11.3 Å². The summed E-state index contributed by atoms with van der Waals surface area (Å²) in [6, 6.07) is 0. The summed E-state index contributed by atoms with van der Waals surface area (Å²) in [5.41, 5.74) is 1.02. The number of thiazole rings is 1. The minimum Gasteiger partial charge on any atom is -0.394 e. The van der Waals surface area contributed by atoms with Crippen molar-refractivity contribution in [2.24, 2.45) is 0 Å². The molecule has 0 aromatic carbocycles. The normalized spacial score (nSPS) is 26.1. The highest BCUT2D eigenvalue weighted by Crippen LogP contribution is 2.32. The van der Waals surface area contributed by atoms with E-state index in [1.165, 1.54) is 12.8 Å². The van der Waals surface area contributed by atoms with Crippen LogP contribution in [-0.4, -0.2) is 28.8 Å². The first kappa shape index (κ1) is 13.5. The summed E-state index contributed by atoms with van der Waals surface area (Å²) in [6.45, 7) is 1.85. The van der Waals surface area contributed by atoms with Gasteiger partial charge in [-0.2, -0.15) is 0 Å². The summed E-state index contributed by atoms with van der Waals surface area (Å²) in [5, 5.41) is 16.3. The van der Waals surface area contributed by atoms with Gasteiger partial charge in [0.15, 0.2) is 0 Å². The Morgan fingerprint density at radius 2 is 2.26 bits per heavy atom. The first-order valence-corrected chi connectivity index (χ1v) is 8.11. The van der Waals surface area contributed by atoms with E-state index in [0.717, 1.165) is 49.5 Å². The quantitative estimate of drug-likeness (QED) is 0.870. The number of aromatic nitrogens is 1. The van der Waals surface area contributed by atoms with Crippen molar-refractivity contribution in [3.63, 3.8) is 0 Å². The lowest BCUT2D eigenvalue weighted by Gasteiger charge is -2.27. The van der Waals surface area contributed by atoms with Gasteiger partial charge >= 0.3 is 0 Å². The third-order valence-electron chi connectivity index (χ3n) is 4.28. The maximum Gasteiger partial charge on any atom is 0.122 e. The molecule has 1 saturated carbocycles. The molecule has 106 valence electrons. The van der Waals surface area contributed by atoms with E-state index < -0.39 is 0 Å². The van der Waals surface area contributed by atoms with Crippen molar-refractivity contribution in [3.05, 3.63) is 16.1 Å². The highest BCUT2D eigenvalue weighted by atomic mass is 32.1. The second-order valence-electron chi connectivity index (χ2n) is 5.68. The number of hydrogen-bond donors (Lipinski definition) is 2. The SMILES string of the molecule is OCC1(NCc2csc(C3CCCO3)n2)CCCC1. The third-order valence-corrected chi connectivity index (χ3v) is 5.27. The number of aliphatic hydroxyl groups excluding tert-OH is 1. The van der Waals surface area contributed by atoms with Gasteiger partial charge in [0.25, 0.3) is 0 Å². The fourth-order valence-corrected chi connectivity index (χ4v) is 3.95. The number of nitrogens with one attached hydrogen (secondary N) is 1. The van der Waals surface area contributed by atoms with Gasteiger partial charge in [-0.25, -0.2) is 4.98 Å². The first-order valence-electron chi connectivity index (χ1n) is 7.23. The Labute approximate surface area is 118 Å². The fraction of sp³-hybridized carbons (Fsp3) is 0.786. The number of rotatable bonds is 5. The minimum absolute atomic E-state index is 0.0619. The van der Waals surface area contributed by atoms with Crippen LogP contribution in [0.25, 0.3) is 0 Å². The van der Waals surface area contributed by atoms with E-state index in [2.05, 4.69) is 15.7 Å². The van der Waals surface area contributed by atoms with Crippen molar-refractivity contribution in [1.82, 2.24) is 10.3 Å². The average Bonchev–Trinajstić information content (AvgIpc) is 3.17. The number of hydrogen-bond acceptors (Lipinski definition) is 5. The Kier molecular flexibility index (Phi) is 4.17. The Bertz CT molecular complexity index is 409. The van der Waals surface area contributed by atoms with Gasteiger partial charge < -0.3 is 15.2 Å². The molecular formula is C14H22N2O2S. The summed E-state index contributed by atoms with van der Waals surface area (Å²) in [7, 11) is 0. The lowest BCUT2D eigenvalue weighted by atomic mass is 9.99. The van der Waals surface area contributed by atoms with Crippen molar-refractivity contribution in [1.29, 1.82) is 0 Å². The number of aliphatic hydroxyl groups is 1. The monoisotopic (exact) mass is 282 g/mol. The molecule has 1 unspecified atom stereocenters. The maximum absolute atomic E-state index is 9.57. The minimum atomic E-state index is -0.0619. The zero-order valence-corrected chi connectivity index (χ0v) is 12.0. The molecule has 0 bridgehead atoms. The summed E-state index contributed by atoms with van der Waals surface area (Å²) >= 11 is 1.70. The van der Waals surface area contributed by atoms with Gasteiger partial charge in [0.05, 0.1) is 12.3 Å². The van der Waals surface area contributed by atoms with Crippen LogP contribution >= 0.6 is 11.3 Å². The molecule has 0 radical (unpaired) electrons. The van der Waals surface area contributed by atoms with Gasteiger partial charge in [0.1, 0.15) is 11.1 Å². The van der Waals surface area contributed by atoms with E-state index in [0.29, 0.717) is 0 Å². The molecule has 2 heterocycles. The molecule has 0 spiro atoms. The van der Waals surface area contributed by atoms with Crippen LogP contribution in [0.15, 0.2) is 5.38 Å². The van der Waals surface area contributed by atoms with Crippen molar-refractivity contribution >= 4 is 11.3 Å². The van der Waals surface area contributed by atoms with Crippen molar-refractivity contribution < 1.29 is 9.84 Å². The van der Waals surface area contributed by atoms with Crippen LogP contribution in [0.2, 0.25) is 0 Å². The second-order valence-corrected chi connectivity index (χ2v) is 6.57. The maximum atomic E-state index is 9.57. The molecule has 1 aliphatic carbocycles. The molecule has 1 aromatic rings.